The van der Waals surface area contributed by atoms with Gasteiger partial charge in [-0.1, -0.05) is 0 Å². The van der Waals surface area contributed by atoms with E-state index in [9.17, 15) is 9.59 Å². The highest BCUT2D eigenvalue weighted by Crippen LogP contribution is 2.16. The van der Waals surface area contributed by atoms with E-state index in [0.717, 1.165) is 11.8 Å². The van der Waals surface area contributed by atoms with Gasteiger partial charge in [0.1, 0.15) is 10.5 Å². The Morgan fingerprint density at radius 3 is 1.91 bits per heavy atom. The topological polar surface area (TPSA) is 74.6 Å². The predicted molar refractivity (Wildman–Crippen MR) is 45.3 cm³/mol. The van der Waals surface area contributed by atoms with Gasteiger partial charge in [-0.2, -0.15) is 12.6 Å². The lowest BCUT2D eigenvalue weighted by atomic mass is 10.3. The van der Waals surface area contributed by atoms with Gasteiger partial charge in [0.15, 0.2) is 0 Å². The molecule has 6 heteroatoms. The van der Waals surface area contributed by atoms with Crippen LogP contribution in [0.25, 0.3) is 0 Å². The molecule has 0 bridgehead atoms. The van der Waals surface area contributed by atoms with Gasteiger partial charge >= 0.3 is 11.9 Å². The van der Waals surface area contributed by atoms with Crippen LogP contribution in [0.2, 0.25) is 0 Å². The molecule has 11 heavy (non-hydrogen) atoms. The van der Waals surface area contributed by atoms with Crippen molar-refractivity contribution in [3.05, 3.63) is 0 Å². The van der Waals surface area contributed by atoms with Crippen LogP contribution in [0.3, 0.4) is 0 Å². The van der Waals surface area contributed by atoms with Gasteiger partial charge in [-0.3, -0.25) is 9.59 Å². The normalized spacial score (nSPS) is 15.5. The second kappa shape index (κ2) is 4.50. The van der Waals surface area contributed by atoms with Crippen molar-refractivity contribution in [2.24, 2.45) is 0 Å². The van der Waals surface area contributed by atoms with Crippen LogP contribution in [0.4, 0.5) is 0 Å². The summed E-state index contributed by atoms with van der Waals surface area (Å²) < 4.78 is 0. The maximum absolute atomic E-state index is 10.3. The lowest BCUT2D eigenvalue weighted by Crippen LogP contribution is -2.33. The van der Waals surface area contributed by atoms with E-state index in [-0.39, 0.29) is 0 Å². The fourth-order valence-corrected chi connectivity index (χ4v) is 1.56. The fourth-order valence-electron chi connectivity index (χ4n) is 0.494. The first-order valence-corrected chi connectivity index (χ1v) is 4.47. The van der Waals surface area contributed by atoms with Crippen molar-refractivity contribution in [2.45, 2.75) is 10.5 Å². The molecule has 4 nitrogen and oxygen atoms in total. The van der Waals surface area contributed by atoms with Crippen LogP contribution in [0, 0.1) is 0 Å². The predicted octanol–water partition coefficient (Wildman–Crippen LogP) is 0.186. The van der Waals surface area contributed by atoms with Crippen LogP contribution >= 0.6 is 24.4 Å². The molecule has 0 radical (unpaired) electrons. The maximum atomic E-state index is 10.3. The molecule has 2 atom stereocenters. The summed E-state index contributed by atoms with van der Waals surface area (Å²) in [6.45, 7) is 0. The summed E-state index contributed by atoms with van der Waals surface area (Å²) in [7, 11) is 0. The van der Waals surface area contributed by atoms with Crippen LogP contribution in [-0.4, -0.2) is 38.9 Å². The number of carboxylic acids is 2. The molecule has 0 saturated carbocycles. The Hall–Kier alpha value is -0.360. The van der Waals surface area contributed by atoms with Gasteiger partial charge in [0, 0.05) is 0 Å². The molecule has 0 aromatic rings. The van der Waals surface area contributed by atoms with Crippen molar-refractivity contribution in [1.82, 2.24) is 0 Å². The molecule has 2 N–H and O–H groups in total. The maximum Gasteiger partial charge on any atom is 0.318 e. The quantitative estimate of drug-likeness (QED) is 0.559. The molecule has 0 aromatic heterocycles. The number of hydrogen-bond donors (Lipinski definition) is 3. The first kappa shape index (κ1) is 10.6. The van der Waals surface area contributed by atoms with Gasteiger partial charge in [-0.05, 0) is 6.26 Å². The van der Waals surface area contributed by atoms with Gasteiger partial charge < -0.3 is 10.2 Å². The van der Waals surface area contributed by atoms with Gasteiger partial charge in [-0.25, -0.2) is 0 Å². The van der Waals surface area contributed by atoms with Crippen molar-refractivity contribution >= 4 is 36.3 Å². The Balaban J connectivity index is 4.25. The van der Waals surface area contributed by atoms with E-state index < -0.39 is 22.4 Å². The molecule has 0 amide bonds. The van der Waals surface area contributed by atoms with Crippen molar-refractivity contribution in [1.29, 1.82) is 0 Å². The number of thioether (sulfide) groups is 1. The standard InChI is InChI=1S/C5H8O4S2/c1-11-3(5(8)9)2(10)4(6)7/h2-3,10H,1H3,(H,6,7)(H,8,9). The Bertz CT molecular complexity index is 170. The van der Waals surface area contributed by atoms with Gasteiger partial charge in [0.2, 0.25) is 0 Å². The van der Waals surface area contributed by atoms with Crippen LogP contribution < -0.4 is 0 Å². The van der Waals surface area contributed by atoms with E-state index in [4.69, 9.17) is 10.2 Å². The average Bonchev–Trinajstić information content (AvgIpc) is 1.88. The summed E-state index contributed by atoms with van der Waals surface area (Å²) >= 11 is 4.60. The largest absolute Gasteiger partial charge is 0.480 e. The van der Waals surface area contributed by atoms with Crippen molar-refractivity contribution in [3.8, 4) is 0 Å². The molecule has 0 fully saturated rings. The zero-order chi connectivity index (χ0) is 9.02. The summed E-state index contributed by atoms with van der Waals surface area (Å²) in [4.78, 5) is 20.6. The molecule has 0 aliphatic heterocycles. The summed E-state index contributed by atoms with van der Waals surface area (Å²) in [6, 6.07) is 0. The third kappa shape index (κ3) is 3.02. The average molecular weight is 196 g/mol. The Morgan fingerprint density at radius 2 is 1.82 bits per heavy atom. The molecule has 0 heterocycles. The van der Waals surface area contributed by atoms with Crippen LogP contribution in [0.15, 0.2) is 0 Å². The highest BCUT2D eigenvalue weighted by Gasteiger charge is 2.29. The minimum absolute atomic E-state index is 0.958. The number of carboxylic acid groups (broad SMARTS) is 2. The van der Waals surface area contributed by atoms with Crippen LogP contribution in [0.1, 0.15) is 0 Å². The third-order valence-electron chi connectivity index (χ3n) is 1.04. The van der Waals surface area contributed by atoms with E-state index in [1.54, 1.807) is 0 Å². The van der Waals surface area contributed by atoms with Gasteiger partial charge in [0.25, 0.3) is 0 Å². The number of hydrogen-bond acceptors (Lipinski definition) is 4. The lowest BCUT2D eigenvalue weighted by molar-refractivity contribution is -0.142. The summed E-state index contributed by atoms with van der Waals surface area (Å²) in [5.41, 5.74) is 0. The highest BCUT2D eigenvalue weighted by molar-refractivity contribution is 8.00. The zero-order valence-corrected chi connectivity index (χ0v) is 7.43. The minimum atomic E-state index is -1.21. The monoisotopic (exact) mass is 196 g/mol. The summed E-state index contributed by atoms with van der Waals surface area (Å²) in [6.07, 6.45) is 1.53. The lowest BCUT2D eigenvalue weighted by Gasteiger charge is -2.11. The summed E-state index contributed by atoms with van der Waals surface area (Å²) in [5.74, 6) is -2.37. The number of rotatable bonds is 4. The molecular weight excluding hydrogens is 188 g/mol. The third-order valence-corrected chi connectivity index (χ3v) is 2.74. The Labute approximate surface area is 73.4 Å². The van der Waals surface area contributed by atoms with E-state index in [1.807, 2.05) is 0 Å². The van der Waals surface area contributed by atoms with E-state index in [2.05, 4.69) is 12.6 Å². The van der Waals surface area contributed by atoms with Crippen molar-refractivity contribution in [3.63, 3.8) is 0 Å². The highest BCUT2D eigenvalue weighted by atomic mass is 32.2. The second-order valence-electron chi connectivity index (χ2n) is 1.78. The van der Waals surface area contributed by atoms with Crippen molar-refractivity contribution in [2.75, 3.05) is 6.26 Å². The van der Waals surface area contributed by atoms with Crippen LogP contribution in [0.5, 0.6) is 0 Å². The smallest absolute Gasteiger partial charge is 0.318 e. The second-order valence-corrected chi connectivity index (χ2v) is 3.31. The number of aliphatic carboxylic acids is 2. The van der Waals surface area contributed by atoms with E-state index in [1.165, 1.54) is 6.26 Å². The van der Waals surface area contributed by atoms with Crippen molar-refractivity contribution < 1.29 is 19.8 Å². The first-order valence-electron chi connectivity index (χ1n) is 2.67. The van der Waals surface area contributed by atoms with Gasteiger partial charge in [-0.15, -0.1) is 11.8 Å². The molecule has 0 aliphatic carbocycles. The minimum Gasteiger partial charge on any atom is -0.480 e. The molecule has 64 valence electrons. The van der Waals surface area contributed by atoms with E-state index in [0.29, 0.717) is 0 Å². The van der Waals surface area contributed by atoms with Gasteiger partial charge in [0.05, 0.1) is 0 Å². The fraction of sp³-hybridized carbons (Fsp3) is 0.600. The Kier molecular flexibility index (Phi) is 4.36. The molecule has 0 spiro atoms. The Morgan fingerprint density at radius 1 is 1.36 bits per heavy atom. The summed E-state index contributed by atoms with van der Waals surface area (Å²) in [5, 5.41) is 14.7. The van der Waals surface area contributed by atoms with Crippen LogP contribution in [-0.2, 0) is 9.59 Å². The van der Waals surface area contributed by atoms with E-state index >= 15 is 0 Å². The SMILES string of the molecule is CSC(C(=O)O)C(S)C(=O)O. The zero-order valence-electron chi connectivity index (χ0n) is 5.72. The molecule has 0 aliphatic rings. The number of thiol groups is 1. The molecule has 0 rings (SSSR count). The molecule has 0 saturated heterocycles. The first-order chi connectivity index (χ1) is 5.00. The molecule has 2 unspecified atom stereocenters. The number of carbonyl (C=O) groups is 2. The molecule has 0 aromatic carbocycles. The molecular formula is C5H8O4S2.